The Balaban J connectivity index is 2.00. The molecule has 0 aromatic heterocycles. The van der Waals surface area contributed by atoms with Crippen LogP contribution in [0.4, 0.5) is 5.69 Å². The molecule has 1 N–H and O–H groups in total. The van der Waals surface area contributed by atoms with E-state index in [1.54, 1.807) is 4.90 Å². The van der Waals surface area contributed by atoms with Gasteiger partial charge in [0.25, 0.3) is 0 Å². The largest absolute Gasteiger partial charge is 0.338 e. The Hall–Kier alpha value is -2.10. The molecule has 2 aliphatic heterocycles. The van der Waals surface area contributed by atoms with Crippen molar-refractivity contribution in [1.82, 2.24) is 4.90 Å². The zero-order valence-corrected chi connectivity index (χ0v) is 9.98. The average Bonchev–Trinajstić information content (AvgIpc) is 2.94. The molecular weight excluding hydrogens is 228 g/mol. The lowest BCUT2D eigenvalue weighted by atomic mass is 9.81. The standard InChI is InChI=1S/C14H14N2O2/c1-2-12(17)16-8-7-14(9-16)10-5-3-4-6-11(10)15-13(14)18/h2-6H,1,7-9H2,(H,15,18). The molecule has 2 heterocycles. The monoisotopic (exact) mass is 242 g/mol. The second-order valence-corrected chi connectivity index (χ2v) is 4.80. The summed E-state index contributed by atoms with van der Waals surface area (Å²) in [5.41, 5.74) is 1.32. The number of hydrogen-bond donors (Lipinski definition) is 1. The van der Waals surface area contributed by atoms with Crippen molar-refractivity contribution in [3.05, 3.63) is 42.5 Å². The van der Waals surface area contributed by atoms with Crippen molar-refractivity contribution in [2.24, 2.45) is 0 Å². The molecule has 1 fully saturated rings. The van der Waals surface area contributed by atoms with Gasteiger partial charge in [-0.3, -0.25) is 9.59 Å². The minimum atomic E-state index is -0.560. The second kappa shape index (κ2) is 3.70. The molecule has 3 rings (SSSR count). The Morgan fingerprint density at radius 1 is 1.44 bits per heavy atom. The molecule has 0 radical (unpaired) electrons. The van der Waals surface area contributed by atoms with Gasteiger partial charge in [-0.05, 0) is 24.1 Å². The van der Waals surface area contributed by atoms with Crippen molar-refractivity contribution in [2.45, 2.75) is 11.8 Å². The van der Waals surface area contributed by atoms with Gasteiger partial charge in [0.15, 0.2) is 0 Å². The van der Waals surface area contributed by atoms with Gasteiger partial charge in [0.1, 0.15) is 0 Å². The number of nitrogens with zero attached hydrogens (tertiary/aromatic N) is 1. The molecule has 2 amide bonds. The number of likely N-dealkylation sites (tertiary alicyclic amines) is 1. The summed E-state index contributed by atoms with van der Waals surface area (Å²) in [6, 6.07) is 7.70. The molecule has 1 saturated heterocycles. The highest BCUT2D eigenvalue weighted by atomic mass is 16.2. The first-order valence-electron chi connectivity index (χ1n) is 6.00. The smallest absolute Gasteiger partial charge is 0.245 e. The number of para-hydroxylation sites is 1. The minimum absolute atomic E-state index is 0.00284. The number of fused-ring (bicyclic) bond motifs is 2. The molecule has 1 unspecified atom stereocenters. The second-order valence-electron chi connectivity index (χ2n) is 4.80. The Labute approximate surface area is 105 Å². The lowest BCUT2D eigenvalue weighted by Crippen LogP contribution is -2.38. The van der Waals surface area contributed by atoms with Gasteiger partial charge in [-0.2, -0.15) is 0 Å². The van der Waals surface area contributed by atoms with Crippen LogP contribution in [0.3, 0.4) is 0 Å². The van der Waals surface area contributed by atoms with Gasteiger partial charge < -0.3 is 10.2 Å². The quantitative estimate of drug-likeness (QED) is 0.754. The predicted molar refractivity (Wildman–Crippen MR) is 68.1 cm³/mol. The van der Waals surface area contributed by atoms with E-state index in [4.69, 9.17) is 0 Å². The van der Waals surface area contributed by atoms with Crippen LogP contribution >= 0.6 is 0 Å². The first kappa shape index (κ1) is 11.0. The maximum Gasteiger partial charge on any atom is 0.245 e. The van der Waals surface area contributed by atoms with Gasteiger partial charge in [-0.25, -0.2) is 0 Å². The van der Waals surface area contributed by atoms with E-state index in [9.17, 15) is 9.59 Å². The van der Waals surface area contributed by atoms with E-state index in [0.717, 1.165) is 11.3 Å². The summed E-state index contributed by atoms with van der Waals surface area (Å²) in [4.78, 5) is 25.6. The van der Waals surface area contributed by atoms with Gasteiger partial charge >= 0.3 is 0 Å². The van der Waals surface area contributed by atoms with Crippen molar-refractivity contribution in [3.8, 4) is 0 Å². The summed E-state index contributed by atoms with van der Waals surface area (Å²) in [5.74, 6) is -0.105. The molecule has 0 aliphatic carbocycles. The van der Waals surface area contributed by atoms with E-state index in [0.29, 0.717) is 19.5 Å². The average molecular weight is 242 g/mol. The fourth-order valence-electron chi connectivity index (χ4n) is 2.91. The maximum absolute atomic E-state index is 12.2. The zero-order chi connectivity index (χ0) is 12.8. The Kier molecular flexibility index (Phi) is 2.26. The van der Waals surface area contributed by atoms with Gasteiger partial charge in [0.05, 0.1) is 5.41 Å². The number of benzene rings is 1. The number of nitrogens with one attached hydrogen (secondary N) is 1. The SMILES string of the molecule is C=CC(=O)N1CCC2(C1)C(=O)Nc1ccccc12. The van der Waals surface area contributed by atoms with E-state index in [-0.39, 0.29) is 11.8 Å². The minimum Gasteiger partial charge on any atom is -0.338 e. The van der Waals surface area contributed by atoms with Gasteiger partial charge in [0, 0.05) is 18.8 Å². The van der Waals surface area contributed by atoms with Crippen molar-refractivity contribution in [3.63, 3.8) is 0 Å². The normalized spacial score (nSPS) is 25.1. The predicted octanol–water partition coefficient (Wildman–Crippen LogP) is 1.29. The molecule has 2 aliphatic rings. The number of carbonyl (C=O) groups is 2. The highest BCUT2D eigenvalue weighted by Crippen LogP contribution is 2.43. The van der Waals surface area contributed by atoms with Gasteiger partial charge in [-0.15, -0.1) is 0 Å². The molecule has 1 aromatic carbocycles. The lowest BCUT2D eigenvalue weighted by molar-refractivity contribution is -0.125. The molecular formula is C14H14N2O2. The highest BCUT2D eigenvalue weighted by molar-refractivity contribution is 6.07. The highest BCUT2D eigenvalue weighted by Gasteiger charge is 2.51. The summed E-state index contributed by atoms with van der Waals surface area (Å²) in [5, 5.41) is 2.90. The molecule has 1 aromatic rings. The fourth-order valence-corrected chi connectivity index (χ4v) is 2.91. The van der Waals surface area contributed by atoms with E-state index in [1.165, 1.54) is 6.08 Å². The zero-order valence-electron chi connectivity index (χ0n) is 9.98. The Morgan fingerprint density at radius 2 is 2.22 bits per heavy atom. The summed E-state index contributed by atoms with van der Waals surface area (Å²) in [6.07, 6.45) is 1.98. The van der Waals surface area contributed by atoms with Crippen molar-refractivity contribution in [1.29, 1.82) is 0 Å². The van der Waals surface area contributed by atoms with E-state index in [2.05, 4.69) is 11.9 Å². The number of anilines is 1. The van der Waals surface area contributed by atoms with Crippen LogP contribution in [0.25, 0.3) is 0 Å². The molecule has 92 valence electrons. The van der Waals surface area contributed by atoms with E-state index in [1.807, 2.05) is 24.3 Å². The molecule has 18 heavy (non-hydrogen) atoms. The topological polar surface area (TPSA) is 49.4 Å². The molecule has 4 nitrogen and oxygen atoms in total. The van der Waals surface area contributed by atoms with Crippen molar-refractivity contribution >= 4 is 17.5 Å². The number of rotatable bonds is 1. The van der Waals surface area contributed by atoms with Crippen LogP contribution in [0.1, 0.15) is 12.0 Å². The first-order valence-corrected chi connectivity index (χ1v) is 6.00. The Morgan fingerprint density at radius 3 is 3.00 bits per heavy atom. The summed E-state index contributed by atoms with van der Waals surface area (Å²) >= 11 is 0. The van der Waals surface area contributed by atoms with Crippen LogP contribution < -0.4 is 5.32 Å². The van der Waals surface area contributed by atoms with Crippen molar-refractivity contribution < 1.29 is 9.59 Å². The van der Waals surface area contributed by atoms with Crippen LogP contribution in [0.15, 0.2) is 36.9 Å². The third kappa shape index (κ3) is 1.32. The molecule has 4 heteroatoms. The summed E-state index contributed by atoms with van der Waals surface area (Å²) in [7, 11) is 0. The maximum atomic E-state index is 12.2. The van der Waals surface area contributed by atoms with Gasteiger partial charge in [-0.1, -0.05) is 24.8 Å². The molecule has 0 bridgehead atoms. The van der Waals surface area contributed by atoms with Gasteiger partial charge in [0.2, 0.25) is 11.8 Å². The number of amides is 2. The van der Waals surface area contributed by atoms with Crippen LogP contribution in [-0.4, -0.2) is 29.8 Å². The van der Waals surface area contributed by atoms with Crippen molar-refractivity contribution in [2.75, 3.05) is 18.4 Å². The summed E-state index contributed by atoms with van der Waals surface area (Å²) < 4.78 is 0. The first-order chi connectivity index (χ1) is 8.67. The lowest BCUT2D eigenvalue weighted by Gasteiger charge is -2.21. The number of hydrogen-bond acceptors (Lipinski definition) is 2. The molecule has 1 atom stereocenters. The fraction of sp³-hybridized carbons (Fsp3) is 0.286. The third-order valence-corrected chi connectivity index (χ3v) is 3.88. The van der Waals surface area contributed by atoms with Crippen LogP contribution in [0.5, 0.6) is 0 Å². The molecule has 0 saturated carbocycles. The molecule has 1 spiro atoms. The van der Waals surface area contributed by atoms with Crippen LogP contribution in [-0.2, 0) is 15.0 Å². The van der Waals surface area contributed by atoms with Crippen LogP contribution in [0, 0.1) is 0 Å². The van der Waals surface area contributed by atoms with E-state index < -0.39 is 5.41 Å². The Bertz CT molecular complexity index is 552. The summed E-state index contributed by atoms with van der Waals surface area (Å²) in [6.45, 7) is 4.54. The third-order valence-electron chi connectivity index (χ3n) is 3.88. The van der Waals surface area contributed by atoms with E-state index >= 15 is 0 Å². The number of carbonyl (C=O) groups excluding carboxylic acids is 2. The van der Waals surface area contributed by atoms with Crippen LogP contribution in [0.2, 0.25) is 0 Å².